The number of hydrogen-bond acceptors (Lipinski definition) is 4. The normalized spacial score (nSPS) is 17.5. The van der Waals surface area contributed by atoms with Crippen molar-refractivity contribution in [3.8, 4) is 0 Å². The fraction of sp³-hybridized carbons (Fsp3) is 0.706. The summed E-state index contributed by atoms with van der Waals surface area (Å²) in [4.78, 5) is 4.69. The van der Waals surface area contributed by atoms with E-state index in [1.807, 2.05) is 12.1 Å². The maximum Gasteiger partial charge on any atom is 0.191 e. The molecule has 2 rings (SSSR count). The fourth-order valence-corrected chi connectivity index (χ4v) is 2.46. The van der Waals surface area contributed by atoms with Crippen molar-refractivity contribution >= 4 is 29.9 Å². The van der Waals surface area contributed by atoms with Crippen LogP contribution in [0, 0.1) is 5.92 Å². The van der Waals surface area contributed by atoms with Gasteiger partial charge in [-0.15, -0.1) is 24.0 Å². The van der Waals surface area contributed by atoms with E-state index >= 15 is 0 Å². The zero-order chi connectivity index (χ0) is 16.2. The number of nitrogens with zero attached hydrogens (tertiary/aromatic N) is 1. The second-order valence-corrected chi connectivity index (χ2v) is 5.80. The van der Waals surface area contributed by atoms with Gasteiger partial charge in [0.2, 0.25) is 0 Å². The molecule has 0 saturated carbocycles. The molecule has 2 N–H and O–H groups in total. The second-order valence-electron chi connectivity index (χ2n) is 5.80. The summed E-state index contributed by atoms with van der Waals surface area (Å²) in [6.45, 7) is 5.02. The molecule has 7 heteroatoms. The number of ether oxygens (including phenoxy) is 2. The average Bonchev–Trinajstić information content (AvgIpc) is 3.25. The van der Waals surface area contributed by atoms with Gasteiger partial charge in [-0.1, -0.05) is 0 Å². The van der Waals surface area contributed by atoms with Crippen molar-refractivity contribution in [1.82, 2.24) is 10.6 Å². The molecule has 1 aromatic rings. The Balaban J connectivity index is 0.00000288. The molecular weight excluding hydrogens is 421 g/mol. The Hall–Kier alpha value is -0.800. The first-order chi connectivity index (χ1) is 11.4. The van der Waals surface area contributed by atoms with Crippen LogP contribution in [0.4, 0.5) is 0 Å². The van der Waals surface area contributed by atoms with Gasteiger partial charge in [0.15, 0.2) is 5.96 Å². The summed E-state index contributed by atoms with van der Waals surface area (Å²) in [7, 11) is 1.74. The summed E-state index contributed by atoms with van der Waals surface area (Å²) in [5.41, 5.74) is 0. The van der Waals surface area contributed by atoms with Crippen molar-refractivity contribution in [2.45, 2.75) is 25.7 Å². The first kappa shape index (κ1) is 21.2. The molecule has 1 saturated heterocycles. The number of unbranched alkanes of at least 4 members (excludes halogenated alkanes) is 1. The number of furan rings is 1. The number of hydrogen-bond donors (Lipinski definition) is 2. The lowest BCUT2D eigenvalue weighted by Crippen LogP contribution is -2.39. The quantitative estimate of drug-likeness (QED) is 0.248. The molecule has 0 bridgehead atoms. The monoisotopic (exact) mass is 451 g/mol. The van der Waals surface area contributed by atoms with Crippen molar-refractivity contribution in [3.63, 3.8) is 0 Å². The highest BCUT2D eigenvalue weighted by atomic mass is 127. The Morgan fingerprint density at radius 1 is 1.33 bits per heavy atom. The molecule has 138 valence electrons. The largest absolute Gasteiger partial charge is 0.469 e. The Morgan fingerprint density at radius 2 is 2.21 bits per heavy atom. The van der Waals surface area contributed by atoms with Crippen LogP contribution >= 0.6 is 24.0 Å². The molecule has 6 nitrogen and oxygen atoms in total. The number of nitrogens with one attached hydrogen (secondary N) is 2. The molecule has 0 aliphatic carbocycles. The van der Waals surface area contributed by atoms with Gasteiger partial charge < -0.3 is 24.5 Å². The predicted octanol–water partition coefficient (Wildman–Crippen LogP) is 2.44. The van der Waals surface area contributed by atoms with Gasteiger partial charge in [-0.25, -0.2) is 0 Å². The summed E-state index contributed by atoms with van der Waals surface area (Å²) in [5, 5.41) is 6.77. The van der Waals surface area contributed by atoms with Crippen LogP contribution < -0.4 is 10.6 Å². The minimum Gasteiger partial charge on any atom is -0.469 e. The molecule has 1 unspecified atom stereocenters. The van der Waals surface area contributed by atoms with Crippen molar-refractivity contribution in [2.24, 2.45) is 10.9 Å². The minimum atomic E-state index is 0. The van der Waals surface area contributed by atoms with Gasteiger partial charge in [-0.3, -0.25) is 4.99 Å². The number of guanidine groups is 1. The van der Waals surface area contributed by atoms with E-state index < -0.39 is 0 Å². The molecule has 0 amide bonds. The van der Waals surface area contributed by atoms with E-state index in [0.717, 1.165) is 76.9 Å². The molecule has 1 aromatic heterocycles. The van der Waals surface area contributed by atoms with Crippen molar-refractivity contribution < 1.29 is 13.9 Å². The lowest BCUT2D eigenvalue weighted by Gasteiger charge is -2.13. The van der Waals surface area contributed by atoms with E-state index in [2.05, 4.69) is 10.6 Å². The SMILES string of the molecule is COCCCCNC(=NCC1CCOC1)NCCc1ccco1.I. The van der Waals surface area contributed by atoms with E-state index in [1.54, 1.807) is 13.4 Å². The van der Waals surface area contributed by atoms with Crippen LogP contribution in [0.15, 0.2) is 27.8 Å². The van der Waals surface area contributed by atoms with E-state index in [0.29, 0.717) is 5.92 Å². The predicted molar refractivity (Wildman–Crippen MR) is 106 cm³/mol. The molecular formula is C17H30IN3O3. The first-order valence-corrected chi connectivity index (χ1v) is 8.49. The molecule has 1 fully saturated rings. The Kier molecular flexibility index (Phi) is 11.9. The average molecular weight is 451 g/mol. The Morgan fingerprint density at radius 3 is 2.92 bits per heavy atom. The van der Waals surface area contributed by atoms with Gasteiger partial charge in [0, 0.05) is 52.3 Å². The topological polar surface area (TPSA) is 68.0 Å². The van der Waals surface area contributed by atoms with Crippen molar-refractivity contribution in [3.05, 3.63) is 24.2 Å². The van der Waals surface area contributed by atoms with E-state index in [4.69, 9.17) is 18.9 Å². The third kappa shape index (κ3) is 8.89. The maximum atomic E-state index is 5.41. The molecule has 1 aliphatic heterocycles. The lowest BCUT2D eigenvalue weighted by atomic mass is 10.1. The van der Waals surface area contributed by atoms with Crippen LogP contribution in [0.3, 0.4) is 0 Å². The summed E-state index contributed by atoms with van der Waals surface area (Å²) < 4.78 is 15.8. The number of methoxy groups -OCH3 is 1. The maximum absolute atomic E-state index is 5.41. The van der Waals surface area contributed by atoms with Crippen molar-refractivity contribution in [1.29, 1.82) is 0 Å². The molecule has 24 heavy (non-hydrogen) atoms. The van der Waals surface area contributed by atoms with E-state index in [1.165, 1.54) is 0 Å². The fourth-order valence-electron chi connectivity index (χ4n) is 2.46. The van der Waals surface area contributed by atoms with Gasteiger partial charge in [0.25, 0.3) is 0 Å². The summed E-state index contributed by atoms with van der Waals surface area (Å²) in [6, 6.07) is 3.91. The minimum absolute atomic E-state index is 0. The van der Waals surface area contributed by atoms with E-state index in [9.17, 15) is 0 Å². The van der Waals surface area contributed by atoms with Crippen molar-refractivity contribution in [2.75, 3.05) is 46.6 Å². The smallest absolute Gasteiger partial charge is 0.191 e. The van der Waals surface area contributed by atoms with Gasteiger partial charge in [0.05, 0.1) is 12.9 Å². The molecule has 2 heterocycles. The Labute approximate surface area is 161 Å². The van der Waals surface area contributed by atoms with Crippen LogP contribution in [-0.2, 0) is 15.9 Å². The Bertz CT molecular complexity index is 434. The molecule has 0 spiro atoms. The van der Waals surface area contributed by atoms with Crippen LogP contribution in [0.5, 0.6) is 0 Å². The number of aliphatic imine (C=N–C) groups is 1. The molecule has 1 aliphatic rings. The second kappa shape index (κ2) is 13.5. The van der Waals surface area contributed by atoms with Crippen LogP contribution in [0.25, 0.3) is 0 Å². The van der Waals surface area contributed by atoms with Crippen LogP contribution in [0.1, 0.15) is 25.0 Å². The lowest BCUT2D eigenvalue weighted by molar-refractivity contribution is 0.187. The zero-order valence-corrected chi connectivity index (χ0v) is 16.8. The first-order valence-electron chi connectivity index (χ1n) is 8.49. The number of rotatable bonds is 10. The zero-order valence-electron chi connectivity index (χ0n) is 14.5. The molecule has 0 aromatic carbocycles. The summed E-state index contributed by atoms with van der Waals surface area (Å²) >= 11 is 0. The van der Waals surface area contributed by atoms with Crippen LogP contribution in [0.2, 0.25) is 0 Å². The van der Waals surface area contributed by atoms with Crippen LogP contribution in [-0.4, -0.2) is 52.5 Å². The third-order valence-corrected chi connectivity index (χ3v) is 3.84. The third-order valence-electron chi connectivity index (χ3n) is 3.84. The van der Waals surface area contributed by atoms with E-state index in [-0.39, 0.29) is 24.0 Å². The van der Waals surface area contributed by atoms with Gasteiger partial charge in [0.1, 0.15) is 5.76 Å². The van der Waals surface area contributed by atoms with Gasteiger partial charge in [-0.2, -0.15) is 0 Å². The summed E-state index contributed by atoms with van der Waals surface area (Å²) in [5.74, 6) is 2.41. The highest BCUT2D eigenvalue weighted by Crippen LogP contribution is 2.12. The summed E-state index contributed by atoms with van der Waals surface area (Å²) in [6.07, 6.45) is 5.79. The highest BCUT2D eigenvalue weighted by Gasteiger charge is 2.15. The highest BCUT2D eigenvalue weighted by molar-refractivity contribution is 14.0. The molecule has 1 atom stereocenters. The standard InChI is InChI=1S/C17H29N3O3.HI/c1-21-10-3-2-8-18-17(20-13-15-7-12-22-14-15)19-9-6-16-5-4-11-23-16;/h4-5,11,15H,2-3,6-10,12-14H2,1H3,(H2,18,19,20);1H. The molecule has 0 radical (unpaired) electrons. The van der Waals surface area contributed by atoms with Gasteiger partial charge in [-0.05, 0) is 31.4 Å². The number of halogens is 1. The van der Waals surface area contributed by atoms with Gasteiger partial charge >= 0.3 is 0 Å².